The molecule has 0 aliphatic rings. The zero-order valence-corrected chi connectivity index (χ0v) is 10.2. The van der Waals surface area contributed by atoms with Crippen LogP contribution in [0.1, 0.15) is 40.5 Å². The molecule has 0 aromatic carbocycles. The Morgan fingerprint density at radius 1 is 1.14 bits per heavy atom. The van der Waals surface area contributed by atoms with Gasteiger partial charge < -0.3 is 0 Å². The number of hydrogen-bond donors (Lipinski definition) is 0. The molecular weight excluding hydrogens is 200 g/mol. The lowest BCUT2D eigenvalue weighted by molar-refractivity contribution is -0.119. The van der Waals surface area contributed by atoms with Gasteiger partial charge in [0.15, 0.2) is 9.84 Å². The van der Waals surface area contributed by atoms with Crippen molar-refractivity contribution < 1.29 is 13.2 Å². The fourth-order valence-corrected chi connectivity index (χ4v) is 2.03. The molecule has 0 saturated carbocycles. The SMILES string of the molecule is CC(C)CC(=O)CCS(=O)(=O)C(C)C. The molecule has 0 fully saturated rings. The molecule has 4 heteroatoms. The quantitative estimate of drug-likeness (QED) is 0.686. The smallest absolute Gasteiger partial charge is 0.153 e. The molecule has 0 unspecified atom stereocenters. The van der Waals surface area contributed by atoms with Crippen molar-refractivity contribution in [1.82, 2.24) is 0 Å². The van der Waals surface area contributed by atoms with Crippen molar-refractivity contribution in [3.05, 3.63) is 0 Å². The average Bonchev–Trinajstić information content (AvgIpc) is 1.99. The zero-order valence-electron chi connectivity index (χ0n) is 9.41. The molecule has 0 saturated heterocycles. The van der Waals surface area contributed by atoms with Gasteiger partial charge in [0.25, 0.3) is 0 Å². The van der Waals surface area contributed by atoms with E-state index in [2.05, 4.69) is 0 Å². The maximum atomic E-state index is 11.4. The standard InChI is InChI=1S/C10H20O3S/c1-8(2)7-10(11)5-6-14(12,13)9(3)4/h8-9H,5-7H2,1-4H3. The maximum absolute atomic E-state index is 11.4. The number of rotatable bonds is 6. The Hall–Kier alpha value is -0.380. The van der Waals surface area contributed by atoms with Gasteiger partial charge in [-0.2, -0.15) is 0 Å². The summed E-state index contributed by atoms with van der Waals surface area (Å²) >= 11 is 0. The fourth-order valence-electron chi connectivity index (χ4n) is 1.05. The van der Waals surface area contributed by atoms with Gasteiger partial charge in [-0.05, 0) is 19.8 Å². The first kappa shape index (κ1) is 13.6. The average molecular weight is 220 g/mol. The van der Waals surface area contributed by atoms with Gasteiger partial charge in [-0.1, -0.05) is 13.8 Å². The molecular formula is C10H20O3S. The normalized spacial score (nSPS) is 12.4. The van der Waals surface area contributed by atoms with Crippen molar-refractivity contribution in [2.75, 3.05) is 5.75 Å². The van der Waals surface area contributed by atoms with E-state index in [1.54, 1.807) is 13.8 Å². The van der Waals surface area contributed by atoms with Crippen LogP contribution in [-0.2, 0) is 14.6 Å². The van der Waals surface area contributed by atoms with Gasteiger partial charge in [-0.25, -0.2) is 8.42 Å². The second-order valence-electron chi connectivity index (χ2n) is 4.30. The van der Waals surface area contributed by atoms with Crippen LogP contribution in [0.4, 0.5) is 0 Å². The van der Waals surface area contributed by atoms with E-state index in [0.29, 0.717) is 12.3 Å². The van der Waals surface area contributed by atoms with Crippen LogP contribution in [0.15, 0.2) is 0 Å². The van der Waals surface area contributed by atoms with Crippen LogP contribution in [0.3, 0.4) is 0 Å². The molecule has 0 aromatic heterocycles. The molecule has 0 heterocycles. The summed E-state index contributed by atoms with van der Waals surface area (Å²) in [7, 11) is -3.05. The Balaban J connectivity index is 4.01. The van der Waals surface area contributed by atoms with Crippen molar-refractivity contribution in [3.63, 3.8) is 0 Å². The minimum absolute atomic E-state index is 0.00375. The third-order valence-electron chi connectivity index (χ3n) is 2.02. The van der Waals surface area contributed by atoms with Crippen molar-refractivity contribution in [2.45, 2.75) is 45.8 Å². The fraction of sp³-hybridized carbons (Fsp3) is 0.900. The van der Waals surface area contributed by atoms with E-state index in [0.717, 1.165) is 0 Å². The Kier molecular flexibility index (Phi) is 5.34. The topological polar surface area (TPSA) is 51.2 Å². The highest BCUT2D eigenvalue weighted by molar-refractivity contribution is 7.91. The predicted molar refractivity (Wildman–Crippen MR) is 58.0 cm³/mol. The van der Waals surface area contributed by atoms with Gasteiger partial charge >= 0.3 is 0 Å². The summed E-state index contributed by atoms with van der Waals surface area (Å²) < 4.78 is 22.7. The molecule has 0 aliphatic heterocycles. The highest BCUT2D eigenvalue weighted by Crippen LogP contribution is 2.07. The Bertz CT molecular complexity index is 276. The summed E-state index contributed by atoms with van der Waals surface area (Å²) in [5.74, 6) is 0.351. The third kappa shape index (κ3) is 5.37. The first-order valence-corrected chi connectivity index (χ1v) is 6.70. The summed E-state index contributed by atoms with van der Waals surface area (Å²) in [6, 6.07) is 0. The van der Waals surface area contributed by atoms with Crippen molar-refractivity contribution >= 4 is 15.6 Å². The first-order chi connectivity index (χ1) is 6.25. The molecule has 0 aliphatic carbocycles. The van der Waals surface area contributed by atoms with Crippen molar-refractivity contribution in [1.29, 1.82) is 0 Å². The van der Waals surface area contributed by atoms with E-state index in [4.69, 9.17) is 0 Å². The minimum atomic E-state index is -3.05. The van der Waals surface area contributed by atoms with Gasteiger partial charge in [-0.3, -0.25) is 4.79 Å². The predicted octanol–water partition coefficient (Wildman–Crippen LogP) is 1.81. The lowest BCUT2D eigenvalue weighted by atomic mass is 10.1. The van der Waals surface area contributed by atoms with Crippen LogP contribution >= 0.6 is 0 Å². The number of Topliss-reactive ketones (excluding diaryl/α,β-unsaturated/α-hetero) is 1. The lowest BCUT2D eigenvalue weighted by Gasteiger charge is -2.07. The van der Waals surface area contributed by atoms with Crippen LogP contribution in [-0.4, -0.2) is 25.2 Å². The Morgan fingerprint density at radius 3 is 2.00 bits per heavy atom. The molecule has 0 bridgehead atoms. The molecule has 0 aromatic rings. The zero-order chi connectivity index (χ0) is 11.4. The van der Waals surface area contributed by atoms with E-state index in [9.17, 15) is 13.2 Å². The van der Waals surface area contributed by atoms with Crippen LogP contribution in [0, 0.1) is 5.92 Å². The highest BCUT2D eigenvalue weighted by Gasteiger charge is 2.17. The van der Waals surface area contributed by atoms with Gasteiger partial charge in [0.2, 0.25) is 0 Å². The lowest BCUT2D eigenvalue weighted by Crippen LogP contribution is -2.20. The first-order valence-electron chi connectivity index (χ1n) is 4.99. The number of carbonyl (C=O) groups is 1. The van der Waals surface area contributed by atoms with Crippen LogP contribution in [0.2, 0.25) is 0 Å². The molecule has 0 N–H and O–H groups in total. The van der Waals surface area contributed by atoms with Crippen LogP contribution in [0.5, 0.6) is 0 Å². The molecule has 0 amide bonds. The minimum Gasteiger partial charge on any atom is -0.300 e. The molecule has 3 nitrogen and oxygen atoms in total. The van der Waals surface area contributed by atoms with Gasteiger partial charge in [0.05, 0.1) is 11.0 Å². The molecule has 0 rings (SSSR count). The van der Waals surface area contributed by atoms with Crippen LogP contribution in [0.25, 0.3) is 0 Å². The second kappa shape index (κ2) is 5.49. The summed E-state index contributed by atoms with van der Waals surface area (Å²) in [4.78, 5) is 11.3. The number of ketones is 1. The van der Waals surface area contributed by atoms with E-state index in [1.807, 2.05) is 13.8 Å². The summed E-state index contributed by atoms with van der Waals surface area (Å²) in [5.41, 5.74) is 0. The monoisotopic (exact) mass is 220 g/mol. The van der Waals surface area contributed by atoms with E-state index in [1.165, 1.54) is 0 Å². The largest absolute Gasteiger partial charge is 0.300 e. The van der Waals surface area contributed by atoms with Gasteiger partial charge in [0, 0.05) is 12.8 Å². The summed E-state index contributed by atoms with van der Waals surface area (Å²) in [6.07, 6.45) is 0.645. The number of hydrogen-bond acceptors (Lipinski definition) is 3. The highest BCUT2D eigenvalue weighted by atomic mass is 32.2. The van der Waals surface area contributed by atoms with Crippen LogP contribution < -0.4 is 0 Å². The van der Waals surface area contributed by atoms with Crippen molar-refractivity contribution in [2.24, 2.45) is 5.92 Å². The van der Waals surface area contributed by atoms with Gasteiger partial charge in [-0.15, -0.1) is 0 Å². The molecule has 0 atom stereocenters. The van der Waals surface area contributed by atoms with E-state index in [-0.39, 0.29) is 23.2 Å². The summed E-state index contributed by atoms with van der Waals surface area (Å²) in [6.45, 7) is 7.19. The molecule has 84 valence electrons. The number of carbonyl (C=O) groups excluding carboxylic acids is 1. The second-order valence-corrected chi connectivity index (χ2v) is 6.98. The third-order valence-corrected chi connectivity index (χ3v) is 4.23. The maximum Gasteiger partial charge on any atom is 0.153 e. The Labute approximate surface area is 86.8 Å². The Morgan fingerprint density at radius 2 is 1.64 bits per heavy atom. The van der Waals surface area contributed by atoms with E-state index < -0.39 is 9.84 Å². The number of sulfone groups is 1. The van der Waals surface area contributed by atoms with E-state index >= 15 is 0 Å². The summed E-state index contributed by atoms with van der Waals surface area (Å²) in [5, 5.41) is -0.380. The van der Waals surface area contributed by atoms with Gasteiger partial charge in [0.1, 0.15) is 5.78 Å². The molecule has 0 radical (unpaired) electrons. The molecule has 0 spiro atoms. The molecule has 14 heavy (non-hydrogen) atoms. The van der Waals surface area contributed by atoms with Crippen molar-refractivity contribution in [3.8, 4) is 0 Å².